The van der Waals surface area contributed by atoms with Crippen LogP contribution in [0.25, 0.3) is 0 Å². The first-order valence-corrected chi connectivity index (χ1v) is 14.9. The van der Waals surface area contributed by atoms with Gasteiger partial charge in [-0.25, -0.2) is 0 Å². The van der Waals surface area contributed by atoms with Crippen LogP contribution in [0.3, 0.4) is 0 Å². The largest absolute Gasteiger partial charge is 0.488 e. The summed E-state index contributed by atoms with van der Waals surface area (Å²) in [6.45, 7) is 6.94. The van der Waals surface area contributed by atoms with E-state index >= 15 is 0 Å². The summed E-state index contributed by atoms with van der Waals surface area (Å²) in [6, 6.07) is 3.54. The number of nitrogens with zero attached hydrogens (tertiary/aromatic N) is 3. The summed E-state index contributed by atoms with van der Waals surface area (Å²) in [5, 5.41) is 0.693. The van der Waals surface area contributed by atoms with Crippen LogP contribution in [0.2, 0.25) is 5.02 Å². The maximum Gasteiger partial charge on any atom is 0.226 e. The van der Waals surface area contributed by atoms with Gasteiger partial charge < -0.3 is 19.4 Å². The standard InChI is InChI=1S/C30H40ClN3O4/c1-19-5-3-4-6-22(19)29(37)34-14-10-23-24(31)7-8-26(38-21-9-13-32(16-21)20(2)35)28(23)25(34)17-33-18-30(11-12-30)15-27(33)36/h7-8,19,21-22,25H,3-6,9-18H2,1-2H3/t19-,21-,22+,25+/m0/s1. The number of amides is 3. The molecule has 4 atom stereocenters. The van der Waals surface area contributed by atoms with Gasteiger partial charge in [-0.2, -0.15) is 0 Å². The topological polar surface area (TPSA) is 70.2 Å². The van der Waals surface area contributed by atoms with Crippen LogP contribution in [0.15, 0.2) is 12.1 Å². The molecule has 0 N–H and O–H groups in total. The van der Waals surface area contributed by atoms with Crippen molar-refractivity contribution in [2.24, 2.45) is 17.3 Å². The Bertz CT molecular complexity index is 1130. The lowest BCUT2D eigenvalue weighted by atomic mass is 9.78. The smallest absolute Gasteiger partial charge is 0.226 e. The van der Waals surface area contributed by atoms with Crippen molar-refractivity contribution < 1.29 is 19.1 Å². The third-order valence-corrected chi connectivity index (χ3v) is 10.3. The van der Waals surface area contributed by atoms with E-state index in [1.807, 2.05) is 21.9 Å². The second-order valence-corrected chi connectivity index (χ2v) is 13.0. The van der Waals surface area contributed by atoms with E-state index in [9.17, 15) is 14.4 Å². The van der Waals surface area contributed by atoms with E-state index in [1.54, 1.807) is 6.92 Å². The molecule has 38 heavy (non-hydrogen) atoms. The highest BCUT2D eigenvalue weighted by Gasteiger charge is 2.52. The SMILES string of the molecule is CC(=O)N1CC[C@H](Oc2ccc(Cl)c3c2[C@@H](CN2CC4(CC4)CC2=O)N(C(=O)[C@@H]2CCCC[C@@H]2C)CC3)C1. The molecule has 2 saturated carbocycles. The lowest BCUT2D eigenvalue weighted by molar-refractivity contribution is -0.143. The van der Waals surface area contributed by atoms with Gasteiger partial charge >= 0.3 is 0 Å². The van der Waals surface area contributed by atoms with Crippen LogP contribution in [-0.4, -0.2) is 71.2 Å². The number of carbonyl (C=O) groups excluding carboxylic acids is 3. The molecular formula is C30H40ClN3O4. The molecule has 6 rings (SSSR count). The number of likely N-dealkylation sites (tertiary alicyclic amines) is 2. The van der Waals surface area contributed by atoms with Crippen LogP contribution in [0.5, 0.6) is 5.75 Å². The molecule has 3 amide bonds. The van der Waals surface area contributed by atoms with Crippen LogP contribution in [0.4, 0.5) is 0 Å². The molecule has 8 heteroatoms. The Morgan fingerprint density at radius 3 is 2.61 bits per heavy atom. The molecular weight excluding hydrogens is 502 g/mol. The summed E-state index contributed by atoms with van der Waals surface area (Å²) in [5.41, 5.74) is 2.16. The summed E-state index contributed by atoms with van der Waals surface area (Å²) in [5.74, 6) is 1.62. The Labute approximate surface area is 230 Å². The number of carbonyl (C=O) groups is 3. The molecule has 3 heterocycles. The molecule has 1 aromatic rings. The number of rotatable bonds is 5. The second kappa shape index (κ2) is 10.0. The predicted molar refractivity (Wildman–Crippen MR) is 145 cm³/mol. The normalized spacial score (nSPS) is 30.1. The van der Waals surface area contributed by atoms with E-state index in [-0.39, 0.29) is 41.2 Å². The van der Waals surface area contributed by atoms with Gasteiger partial charge in [-0.15, -0.1) is 0 Å². The molecule has 7 nitrogen and oxygen atoms in total. The molecule has 0 radical (unpaired) electrons. The van der Waals surface area contributed by atoms with Crippen LogP contribution >= 0.6 is 11.6 Å². The van der Waals surface area contributed by atoms with Gasteiger partial charge in [-0.3, -0.25) is 14.4 Å². The third-order valence-electron chi connectivity index (χ3n) is 9.92. The van der Waals surface area contributed by atoms with E-state index in [0.717, 1.165) is 61.9 Å². The molecule has 2 saturated heterocycles. The second-order valence-electron chi connectivity index (χ2n) is 12.5. The highest BCUT2D eigenvalue weighted by molar-refractivity contribution is 6.31. The average Bonchev–Trinajstić information content (AvgIpc) is 3.33. The minimum Gasteiger partial charge on any atom is -0.488 e. The Morgan fingerprint density at radius 1 is 1.13 bits per heavy atom. The van der Waals surface area contributed by atoms with E-state index < -0.39 is 0 Å². The Morgan fingerprint density at radius 2 is 1.92 bits per heavy atom. The highest BCUT2D eigenvalue weighted by Crippen LogP contribution is 2.54. The number of hydrogen-bond acceptors (Lipinski definition) is 4. The minimum absolute atomic E-state index is 0.0272. The maximum atomic E-state index is 14.1. The van der Waals surface area contributed by atoms with Gasteiger partial charge in [0.25, 0.3) is 0 Å². The summed E-state index contributed by atoms with van der Waals surface area (Å²) in [7, 11) is 0. The fourth-order valence-electron chi connectivity index (χ4n) is 7.39. The average molecular weight is 542 g/mol. The summed E-state index contributed by atoms with van der Waals surface area (Å²) >= 11 is 6.77. The van der Waals surface area contributed by atoms with Crippen molar-refractivity contribution in [1.82, 2.24) is 14.7 Å². The quantitative estimate of drug-likeness (QED) is 0.546. The van der Waals surface area contributed by atoms with Crippen molar-refractivity contribution >= 4 is 29.3 Å². The summed E-state index contributed by atoms with van der Waals surface area (Å²) in [6.07, 6.45) is 8.52. The first-order chi connectivity index (χ1) is 18.2. The van der Waals surface area contributed by atoms with Gasteiger partial charge in [0.05, 0.1) is 12.6 Å². The molecule has 5 aliphatic rings. The van der Waals surface area contributed by atoms with Gasteiger partial charge in [-0.1, -0.05) is 31.4 Å². The highest BCUT2D eigenvalue weighted by atomic mass is 35.5. The Hall–Kier alpha value is -2.28. The van der Waals surface area contributed by atoms with Crippen LogP contribution in [0, 0.1) is 17.3 Å². The van der Waals surface area contributed by atoms with Crippen LogP contribution < -0.4 is 4.74 Å². The molecule has 0 unspecified atom stereocenters. The minimum atomic E-state index is -0.280. The lowest BCUT2D eigenvalue weighted by Gasteiger charge is -2.43. The number of halogens is 1. The zero-order chi connectivity index (χ0) is 26.6. The molecule has 1 aromatic carbocycles. The fourth-order valence-corrected chi connectivity index (χ4v) is 7.65. The first-order valence-electron chi connectivity index (χ1n) is 14.6. The van der Waals surface area contributed by atoms with Crippen molar-refractivity contribution in [2.45, 2.75) is 83.8 Å². The van der Waals surface area contributed by atoms with Crippen molar-refractivity contribution in [3.63, 3.8) is 0 Å². The van der Waals surface area contributed by atoms with Crippen molar-refractivity contribution in [3.8, 4) is 5.75 Å². The molecule has 4 fully saturated rings. The Kier molecular flexibility index (Phi) is 6.86. The first kappa shape index (κ1) is 26.0. The van der Waals surface area contributed by atoms with Crippen LogP contribution in [-0.2, 0) is 20.8 Å². The molecule has 206 valence electrons. The van der Waals surface area contributed by atoms with Crippen molar-refractivity contribution in [1.29, 1.82) is 0 Å². The summed E-state index contributed by atoms with van der Waals surface area (Å²) in [4.78, 5) is 45.0. The van der Waals surface area contributed by atoms with Crippen molar-refractivity contribution in [3.05, 3.63) is 28.3 Å². The number of ether oxygens (including phenoxy) is 1. The lowest BCUT2D eigenvalue weighted by Crippen LogP contribution is -2.49. The van der Waals surface area contributed by atoms with E-state index in [2.05, 4.69) is 11.8 Å². The molecule has 1 spiro atoms. The van der Waals surface area contributed by atoms with Gasteiger partial charge in [0.15, 0.2) is 0 Å². The molecule has 0 aromatic heterocycles. The number of fused-ring (bicyclic) bond motifs is 1. The van der Waals surface area contributed by atoms with Gasteiger partial charge in [0, 0.05) is 62.4 Å². The van der Waals surface area contributed by atoms with Gasteiger partial charge in [-0.05, 0) is 61.1 Å². The molecule has 3 aliphatic heterocycles. The monoisotopic (exact) mass is 541 g/mol. The predicted octanol–water partition coefficient (Wildman–Crippen LogP) is 4.60. The van der Waals surface area contributed by atoms with Gasteiger partial charge in [0.2, 0.25) is 17.7 Å². The zero-order valence-electron chi connectivity index (χ0n) is 22.7. The molecule has 2 aliphatic carbocycles. The van der Waals surface area contributed by atoms with Crippen LogP contribution in [0.1, 0.15) is 82.4 Å². The zero-order valence-corrected chi connectivity index (χ0v) is 23.5. The Balaban J connectivity index is 1.34. The number of hydrogen-bond donors (Lipinski definition) is 0. The third kappa shape index (κ3) is 4.80. The summed E-state index contributed by atoms with van der Waals surface area (Å²) < 4.78 is 6.58. The van der Waals surface area contributed by atoms with Gasteiger partial charge in [0.1, 0.15) is 11.9 Å². The fraction of sp³-hybridized carbons (Fsp3) is 0.700. The van der Waals surface area contributed by atoms with E-state index in [4.69, 9.17) is 16.3 Å². The van der Waals surface area contributed by atoms with Crippen molar-refractivity contribution in [2.75, 3.05) is 32.7 Å². The number of benzene rings is 1. The van der Waals surface area contributed by atoms with E-state index in [0.29, 0.717) is 50.0 Å². The maximum absolute atomic E-state index is 14.1. The van der Waals surface area contributed by atoms with E-state index in [1.165, 1.54) is 6.42 Å². The molecule has 0 bridgehead atoms.